The molecule has 0 radical (unpaired) electrons. The molecule has 2 rings (SSSR count). The zero-order valence-electron chi connectivity index (χ0n) is 7.85. The van der Waals surface area contributed by atoms with Crippen LogP contribution in [0.25, 0.3) is 0 Å². The van der Waals surface area contributed by atoms with E-state index >= 15 is 0 Å². The number of aliphatic imine (C=N–C) groups is 1. The van der Waals surface area contributed by atoms with Gasteiger partial charge in [-0.2, -0.15) is 0 Å². The topological polar surface area (TPSA) is 75.7 Å². The van der Waals surface area contributed by atoms with Gasteiger partial charge in [-0.1, -0.05) is 11.8 Å². The summed E-state index contributed by atoms with van der Waals surface area (Å²) in [6.45, 7) is 0. The van der Waals surface area contributed by atoms with E-state index in [2.05, 4.69) is 4.99 Å². The van der Waals surface area contributed by atoms with Crippen molar-refractivity contribution in [1.29, 1.82) is 0 Å². The molecule has 3 N–H and O–H groups in total. The summed E-state index contributed by atoms with van der Waals surface area (Å²) in [6, 6.07) is 0.352. The van der Waals surface area contributed by atoms with Crippen molar-refractivity contribution in [3.05, 3.63) is 0 Å². The van der Waals surface area contributed by atoms with Gasteiger partial charge in [-0.05, 0) is 25.2 Å². The van der Waals surface area contributed by atoms with Crippen LogP contribution in [0.1, 0.15) is 25.7 Å². The maximum absolute atomic E-state index is 10.6. The number of carboxylic acid groups (broad SMARTS) is 1. The third-order valence-corrected chi connectivity index (χ3v) is 4.05. The molecule has 2 aliphatic rings. The standard InChI is InChI=1S/C9H14N2O2S/c10-9-11-6-2-1-5(4-8(12)13)3-7(6)14-9/h5-7H,1-4H2,(H2,10,11)(H,12,13). The Hall–Kier alpha value is -0.710. The first-order valence-corrected chi connectivity index (χ1v) is 5.75. The molecule has 3 atom stereocenters. The number of nitrogens with two attached hydrogens (primary N) is 1. The van der Waals surface area contributed by atoms with E-state index in [0.29, 0.717) is 28.8 Å². The lowest BCUT2D eigenvalue weighted by atomic mass is 9.84. The highest BCUT2D eigenvalue weighted by Crippen LogP contribution is 2.39. The maximum atomic E-state index is 10.6. The molecule has 1 saturated carbocycles. The molecule has 3 unspecified atom stereocenters. The number of fused-ring (bicyclic) bond motifs is 1. The van der Waals surface area contributed by atoms with E-state index in [1.807, 2.05) is 0 Å². The number of hydrogen-bond donors (Lipinski definition) is 2. The zero-order valence-corrected chi connectivity index (χ0v) is 8.67. The lowest BCUT2D eigenvalue weighted by Gasteiger charge is -2.28. The van der Waals surface area contributed by atoms with E-state index in [9.17, 15) is 4.79 Å². The van der Waals surface area contributed by atoms with Crippen LogP contribution in [0.3, 0.4) is 0 Å². The van der Waals surface area contributed by atoms with Crippen molar-refractivity contribution in [3.8, 4) is 0 Å². The fraction of sp³-hybridized carbons (Fsp3) is 0.778. The van der Waals surface area contributed by atoms with Crippen molar-refractivity contribution in [3.63, 3.8) is 0 Å². The fourth-order valence-electron chi connectivity index (χ4n) is 2.25. The second-order valence-corrected chi connectivity index (χ2v) is 5.23. The quantitative estimate of drug-likeness (QED) is 0.720. The van der Waals surface area contributed by atoms with Gasteiger partial charge in [0.05, 0.1) is 6.04 Å². The third kappa shape index (κ3) is 2.03. The van der Waals surface area contributed by atoms with E-state index in [4.69, 9.17) is 10.8 Å². The van der Waals surface area contributed by atoms with Gasteiger partial charge in [-0.25, -0.2) is 0 Å². The Morgan fingerprint density at radius 2 is 2.43 bits per heavy atom. The summed E-state index contributed by atoms with van der Waals surface area (Å²) in [7, 11) is 0. The summed E-state index contributed by atoms with van der Waals surface area (Å²) in [5, 5.41) is 9.81. The molecule has 0 aromatic carbocycles. The minimum Gasteiger partial charge on any atom is -0.481 e. The smallest absolute Gasteiger partial charge is 0.303 e. The number of rotatable bonds is 2. The largest absolute Gasteiger partial charge is 0.481 e. The van der Waals surface area contributed by atoms with E-state index in [0.717, 1.165) is 19.3 Å². The van der Waals surface area contributed by atoms with Crippen molar-refractivity contribution in [1.82, 2.24) is 0 Å². The Morgan fingerprint density at radius 3 is 3.14 bits per heavy atom. The molecule has 1 aliphatic carbocycles. The van der Waals surface area contributed by atoms with Gasteiger partial charge in [-0.3, -0.25) is 9.79 Å². The molecule has 0 aromatic heterocycles. The Morgan fingerprint density at radius 1 is 1.64 bits per heavy atom. The van der Waals surface area contributed by atoms with Gasteiger partial charge >= 0.3 is 5.97 Å². The summed E-state index contributed by atoms with van der Waals surface area (Å²) in [6.07, 6.45) is 3.22. The van der Waals surface area contributed by atoms with Crippen LogP contribution in [0.4, 0.5) is 0 Å². The van der Waals surface area contributed by atoms with Crippen molar-refractivity contribution >= 4 is 22.9 Å². The average Bonchev–Trinajstić information content (AvgIpc) is 2.42. The van der Waals surface area contributed by atoms with Crippen LogP contribution < -0.4 is 5.73 Å². The van der Waals surface area contributed by atoms with Crippen LogP contribution in [0.5, 0.6) is 0 Å². The molecule has 0 bridgehead atoms. The summed E-state index contributed by atoms with van der Waals surface area (Å²) in [5.74, 6) is -0.368. The van der Waals surface area contributed by atoms with Gasteiger partial charge in [0.25, 0.3) is 0 Å². The summed E-state index contributed by atoms with van der Waals surface area (Å²) >= 11 is 1.62. The predicted octanol–water partition coefficient (Wildman–Crippen LogP) is 1.06. The van der Waals surface area contributed by atoms with Gasteiger partial charge in [0.15, 0.2) is 5.17 Å². The lowest BCUT2D eigenvalue weighted by Crippen LogP contribution is -2.28. The van der Waals surface area contributed by atoms with Crippen LogP contribution in [0, 0.1) is 5.92 Å². The van der Waals surface area contributed by atoms with Crippen LogP contribution >= 0.6 is 11.8 Å². The molecule has 0 saturated heterocycles. The molecule has 14 heavy (non-hydrogen) atoms. The van der Waals surface area contributed by atoms with Crippen molar-refractivity contribution in [2.75, 3.05) is 0 Å². The van der Waals surface area contributed by atoms with Crippen molar-refractivity contribution in [2.24, 2.45) is 16.6 Å². The van der Waals surface area contributed by atoms with Gasteiger partial charge in [-0.15, -0.1) is 0 Å². The van der Waals surface area contributed by atoms with E-state index in [1.54, 1.807) is 11.8 Å². The minimum absolute atomic E-state index is 0.295. The Balaban J connectivity index is 1.90. The van der Waals surface area contributed by atoms with E-state index < -0.39 is 5.97 Å². The summed E-state index contributed by atoms with van der Waals surface area (Å²) < 4.78 is 0. The molecule has 1 aliphatic heterocycles. The first-order valence-electron chi connectivity index (χ1n) is 4.87. The average molecular weight is 214 g/mol. The van der Waals surface area contributed by atoms with Crippen LogP contribution in [0.2, 0.25) is 0 Å². The highest BCUT2D eigenvalue weighted by Gasteiger charge is 2.35. The number of aliphatic carboxylic acids is 1. The molecular formula is C9H14N2O2S. The van der Waals surface area contributed by atoms with Gasteiger partial charge < -0.3 is 10.8 Å². The predicted molar refractivity (Wildman–Crippen MR) is 56.4 cm³/mol. The minimum atomic E-state index is -0.690. The number of nitrogens with zero attached hydrogens (tertiary/aromatic N) is 1. The number of hydrogen-bond acceptors (Lipinski definition) is 4. The molecule has 78 valence electrons. The van der Waals surface area contributed by atoms with Gasteiger partial charge in [0.2, 0.25) is 0 Å². The van der Waals surface area contributed by atoms with Crippen LogP contribution in [-0.4, -0.2) is 27.5 Å². The number of amidine groups is 1. The van der Waals surface area contributed by atoms with E-state index in [1.165, 1.54) is 0 Å². The maximum Gasteiger partial charge on any atom is 0.303 e. The third-order valence-electron chi connectivity index (χ3n) is 2.89. The second-order valence-electron chi connectivity index (χ2n) is 3.97. The summed E-state index contributed by atoms with van der Waals surface area (Å²) in [4.78, 5) is 14.9. The highest BCUT2D eigenvalue weighted by molar-refractivity contribution is 8.14. The first-order chi connectivity index (χ1) is 6.65. The molecule has 5 heteroatoms. The number of carboxylic acids is 1. The molecule has 1 heterocycles. The first kappa shape index (κ1) is 9.83. The lowest BCUT2D eigenvalue weighted by molar-refractivity contribution is -0.138. The molecule has 4 nitrogen and oxygen atoms in total. The molecular weight excluding hydrogens is 200 g/mol. The Labute approximate surface area is 87.0 Å². The van der Waals surface area contributed by atoms with Gasteiger partial charge in [0, 0.05) is 11.7 Å². The van der Waals surface area contributed by atoms with Crippen molar-refractivity contribution < 1.29 is 9.90 Å². The van der Waals surface area contributed by atoms with E-state index in [-0.39, 0.29) is 0 Å². The van der Waals surface area contributed by atoms with Crippen LogP contribution in [-0.2, 0) is 4.79 Å². The molecule has 1 fully saturated rings. The van der Waals surface area contributed by atoms with Gasteiger partial charge in [0.1, 0.15) is 0 Å². The zero-order chi connectivity index (χ0) is 10.1. The summed E-state index contributed by atoms with van der Waals surface area (Å²) in [5.41, 5.74) is 5.64. The van der Waals surface area contributed by atoms with Crippen LogP contribution in [0.15, 0.2) is 4.99 Å². The molecule has 0 aromatic rings. The Kier molecular flexibility index (Phi) is 2.67. The Bertz CT molecular complexity index is 280. The molecule has 0 spiro atoms. The monoisotopic (exact) mass is 214 g/mol. The second kappa shape index (κ2) is 3.81. The number of thioether (sulfide) groups is 1. The SMILES string of the molecule is NC1=NC2CCC(CC(=O)O)CC2S1. The normalized spacial score (nSPS) is 36.3. The highest BCUT2D eigenvalue weighted by atomic mass is 32.2. The fourth-order valence-corrected chi connectivity index (χ4v) is 3.48. The van der Waals surface area contributed by atoms with Crippen molar-refractivity contribution in [2.45, 2.75) is 37.0 Å². The molecule has 0 amide bonds. The number of carbonyl (C=O) groups is 1.